The smallest absolute Gasteiger partial charge is 0.326 e. The van der Waals surface area contributed by atoms with Gasteiger partial charge in [0.1, 0.15) is 0 Å². The zero-order chi connectivity index (χ0) is 18.9. The summed E-state index contributed by atoms with van der Waals surface area (Å²) in [5.41, 5.74) is -0.583. The Labute approximate surface area is 147 Å². The summed E-state index contributed by atoms with van der Waals surface area (Å²) in [6, 6.07) is 4.07. The topological polar surface area (TPSA) is 66.5 Å². The lowest BCUT2D eigenvalue weighted by atomic mass is 9.85. The van der Waals surface area contributed by atoms with E-state index >= 15 is 0 Å². The highest BCUT2D eigenvalue weighted by Gasteiger charge is 2.46. The third-order valence-corrected chi connectivity index (χ3v) is 4.66. The number of alkyl halides is 3. The van der Waals surface area contributed by atoms with Crippen molar-refractivity contribution in [1.29, 1.82) is 0 Å². The van der Waals surface area contributed by atoms with E-state index in [1.54, 1.807) is 0 Å². The molecule has 1 N–H and O–H groups in total. The van der Waals surface area contributed by atoms with Gasteiger partial charge in [0, 0.05) is 18.7 Å². The summed E-state index contributed by atoms with van der Waals surface area (Å²) in [5, 5.41) is 2.47. The van der Waals surface area contributed by atoms with Gasteiger partial charge in [-0.25, -0.2) is 0 Å². The Bertz CT molecular complexity index is 730. The molecule has 1 aliphatic heterocycles. The number of carbonyl (C=O) groups excluding carboxylic acids is 3. The van der Waals surface area contributed by atoms with Gasteiger partial charge in [-0.05, 0) is 37.1 Å². The Balaban J connectivity index is 1.54. The molecule has 0 radical (unpaired) electrons. The van der Waals surface area contributed by atoms with Gasteiger partial charge in [-0.3, -0.25) is 19.3 Å². The van der Waals surface area contributed by atoms with Crippen LogP contribution < -0.4 is 5.32 Å². The van der Waals surface area contributed by atoms with E-state index in [2.05, 4.69) is 5.32 Å². The quantitative estimate of drug-likeness (QED) is 0.658. The third kappa shape index (κ3) is 3.63. The number of benzene rings is 1. The van der Waals surface area contributed by atoms with Crippen molar-refractivity contribution in [2.24, 2.45) is 11.8 Å². The molecule has 1 aromatic rings. The summed E-state index contributed by atoms with van der Waals surface area (Å²) >= 11 is 0. The second-order valence-corrected chi connectivity index (χ2v) is 6.36. The van der Waals surface area contributed by atoms with Crippen LogP contribution in [0.5, 0.6) is 0 Å². The molecular formula is C18H17F3N2O3. The van der Waals surface area contributed by atoms with Gasteiger partial charge in [0.25, 0.3) is 0 Å². The number of carbonyl (C=O) groups is 3. The summed E-state index contributed by atoms with van der Waals surface area (Å²) in [6.45, 7) is -0.0306. The van der Waals surface area contributed by atoms with Crippen molar-refractivity contribution in [3.05, 3.63) is 42.0 Å². The van der Waals surface area contributed by atoms with Gasteiger partial charge < -0.3 is 5.32 Å². The summed E-state index contributed by atoms with van der Waals surface area (Å²) in [4.78, 5) is 37.7. The van der Waals surface area contributed by atoms with Crippen molar-refractivity contribution in [3.63, 3.8) is 0 Å². The van der Waals surface area contributed by atoms with E-state index in [1.807, 2.05) is 12.2 Å². The molecule has 1 aromatic carbocycles. The van der Waals surface area contributed by atoms with Crippen LogP contribution in [0.4, 0.5) is 18.9 Å². The molecule has 2 aliphatic rings. The predicted octanol–water partition coefficient (Wildman–Crippen LogP) is 2.99. The summed E-state index contributed by atoms with van der Waals surface area (Å²) < 4.78 is 37.5. The fourth-order valence-corrected chi connectivity index (χ4v) is 3.27. The number of fused-ring (bicyclic) bond motifs is 1. The standard InChI is InChI=1S/C18H17F3N2O3/c19-18(20,21)11-5-7-12(8-6-11)22-15(24)9-10-23-16(25)13-3-1-2-4-14(13)17(23)26/h1-2,5-8,13-14H,3-4,9-10H2,(H,22,24)/t13-,14-/m1/s1. The van der Waals surface area contributed by atoms with Crippen LogP contribution in [-0.2, 0) is 20.6 Å². The van der Waals surface area contributed by atoms with Gasteiger partial charge >= 0.3 is 6.18 Å². The molecule has 3 amide bonds. The summed E-state index contributed by atoms with van der Waals surface area (Å²) in [7, 11) is 0. The number of anilines is 1. The number of nitrogens with zero attached hydrogens (tertiary/aromatic N) is 1. The molecule has 1 fully saturated rings. The minimum atomic E-state index is -4.44. The largest absolute Gasteiger partial charge is 0.416 e. The Morgan fingerprint density at radius 1 is 1.04 bits per heavy atom. The first kappa shape index (κ1) is 18.2. The Morgan fingerprint density at radius 2 is 1.58 bits per heavy atom. The predicted molar refractivity (Wildman–Crippen MR) is 86.8 cm³/mol. The normalized spacial score (nSPS) is 22.5. The van der Waals surface area contributed by atoms with Crippen molar-refractivity contribution in [2.75, 3.05) is 11.9 Å². The average Bonchev–Trinajstić information content (AvgIpc) is 2.84. The molecule has 0 aromatic heterocycles. The van der Waals surface area contributed by atoms with Crippen LogP contribution >= 0.6 is 0 Å². The molecule has 138 valence electrons. The Hall–Kier alpha value is -2.64. The highest BCUT2D eigenvalue weighted by atomic mass is 19.4. The monoisotopic (exact) mass is 366 g/mol. The van der Waals surface area contributed by atoms with Crippen LogP contribution in [0.15, 0.2) is 36.4 Å². The van der Waals surface area contributed by atoms with Gasteiger partial charge in [-0.1, -0.05) is 12.2 Å². The fraction of sp³-hybridized carbons (Fsp3) is 0.389. The van der Waals surface area contributed by atoms with E-state index in [0.29, 0.717) is 12.8 Å². The van der Waals surface area contributed by atoms with E-state index in [4.69, 9.17) is 0 Å². The van der Waals surface area contributed by atoms with Crippen LogP contribution in [0, 0.1) is 11.8 Å². The van der Waals surface area contributed by atoms with Crippen molar-refractivity contribution >= 4 is 23.4 Å². The number of hydrogen-bond acceptors (Lipinski definition) is 3. The van der Waals surface area contributed by atoms with E-state index in [0.717, 1.165) is 29.2 Å². The van der Waals surface area contributed by atoms with E-state index in [1.165, 1.54) is 0 Å². The molecule has 1 heterocycles. The molecule has 0 unspecified atom stereocenters. The molecule has 26 heavy (non-hydrogen) atoms. The first-order valence-electron chi connectivity index (χ1n) is 8.24. The number of nitrogens with one attached hydrogen (secondary N) is 1. The van der Waals surface area contributed by atoms with Crippen molar-refractivity contribution in [3.8, 4) is 0 Å². The molecule has 5 nitrogen and oxygen atoms in total. The van der Waals surface area contributed by atoms with Gasteiger partial charge in [0.2, 0.25) is 17.7 Å². The van der Waals surface area contributed by atoms with Gasteiger partial charge in [-0.2, -0.15) is 13.2 Å². The second-order valence-electron chi connectivity index (χ2n) is 6.36. The molecule has 0 bridgehead atoms. The molecule has 8 heteroatoms. The maximum atomic E-state index is 12.5. The molecule has 1 saturated heterocycles. The zero-order valence-corrected chi connectivity index (χ0v) is 13.8. The van der Waals surface area contributed by atoms with Crippen LogP contribution in [0.2, 0.25) is 0 Å². The van der Waals surface area contributed by atoms with Gasteiger partial charge in [-0.15, -0.1) is 0 Å². The minimum absolute atomic E-state index is 0.0306. The summed E-state index contributed by atoms with van der Waals surface area (Å²) in [5.74, 6) is -1.67. The number of amides is 3. The van der Waals surface area contributed by atoms with Gasteiger partial charge in [0.05, 0.1) is 17.4 Å². The second kappa shape index (κ2) is 6.93. The number of likely N-dealkylation sites (tertiary alicyclic amines) is 1. The average molecular weight is 366 g/mol. The molecule has 2 atom stereocenters. The molecule has 0 saturated carbocycles. The van der Waals surface area contributed by atoms with Crippen molar-refractivity contribution in [1.82, 2.24) is 4.90 Å². The zero-order valence-electron chi connectivity index (χ0n) is 13.8. The Morgan fingerprint density at radius 3 is 2.08 bits per heavy atom. The number of hydrogen-bond donors (Lipinski definition) is 1. The molecular weight excluding hydrogens is 349 g/mol. The Kier molecular flexibility index (Phi) is 4.84. The molecule has 0 spiro atoms. The summed E-state index contributed by atoms with van der Waals surface area (Å²) in [6.07, 6.45) is 0.281. The van der Waals surface area contributed by atoms with Crippen LogP contribution in [0.3, 0.4) is 0 Å². The van der Waals surface area contributed by atoms with Crippen LogP contribution in [-0.4, -0.2) is 29.2 Å². The maximum absolute atomic E-state index is 12.5. The van der Waals surface area contributed by atoms with Crippen LogP contribution in [0.25, 0.3) is 0 Å². The number of allylic oxidation sites excluding steroid dienone is 2. The lowest BCUT2D eigenvalue weighted by Crippen LogP contribution is -2.34. The maximum Gasteiger partial charge on any atom is 0.416 e. The van der Waals surface area contributed by atoms with E-state index in [9.17, 15) is 27.6 Å². The number of rotatable bonds is 4. The molecule has 3 rings (SSSR count). The molecule has 1 aliphatic carbocycles. The number of halogens is 3. The SMILES string of the molecule is O=C(CCN1C(=O)[C@@H]2CC=CC[C@H]2C1=O)Nc1ccc(C(F)(F)F)cc1. The van der Waals surface area contributed by atoms with E-state index < -0.39 is 17.6 Å². The van der Waals surface area contributed by atoms with Crippen LogP contribution in [0.1, 0.15) is 24.8 Å². The third-order valence-electron chi connectivity index (χ3n) is 4.66. The lowest BCUT2D eigenvalue weighted by Gasteiger charge is -2.14. The van der Waals surface area contributed by atoms with Crippen molar-refractivity contribution in [2.45, 2.75) is 25.4 Å². The highest BCUT2D eigenvalue weighted by molar-refractivity contribution is 6.05. The first-order chi connectivity index (χ1) is 12.3. The van der Waals surface area contributed by atoms with Gasteiger partial charge in [0.15, 0.2) is 0 Å². The van der Waals surface area contributed by atoms with E-state index in [-0.39, 0.29) is 42.3 Å². The highest BCUT2D eigenvalue weighted by Crippen LogP contribution is 2.35. The minimum Gasteiger partial charge on any atom is -0.326 e. The lowest BCUT2D eigenvalue weighted by molar-refractivity contribution is -0.140. The van der Waals surface area contributed by atoms with Crippen molar-refractivity contribution < 1.29 is 27.6 Å². The number of imide groups is 1. The fourth-order valence-electron chi connectivity index (χ4n) is 3.27. The first-order valence-corrected chi connectivity index (χ1v) is 8.24.